The molecule has 5 unspecified atom stereocenters. The van der Waals surface area contributed by atoms with E-state index in [0.717, 1.165) is 23.7 Å². The van der Waals surface area contributed by atoms with E-state index in [1.807, 2.05) is 0 Å². The summed E-state index contributed by atoms with van der Waals surface area (Å²) in [4.78, 5) is 0. The Balaban J connectivity index is 2.15. The van der Waals surface area contributed by atoms with Gasteiger partial charge in [0, 0.05) is 0 Å². The fourth-order valence-corrected chi connectivity index (χ4v) is 4.33. The fraction of sp³-hybridized carbons (Fsp3) is 0.739. The molecular formula is C23H38. The van der Waals surface area contributed by atoms with Gasteiger partial charge < -0.3 is 0 Å². The largest absolute Gasteiger partial charge is 0.0846 e. The molecule has 0 aliphatic heterocycles. The highest BCUT2D eigenvalue weighted by Gasteiger charge is 2.21. The van der Waals surface area contributed by atoms with Crippen molar-refractivity contribution in [3.8, 4) is 0 Å². The van der Waals surface area contributed by atoms with Crippen LogP contribution in [-0.2, 0) is 0 Å². The van der Waals surface area contributed by atoms with Gasteiger partial charge in [-0.05, 0) is 55.8 Å². The average Bonchev–Trinajstić information content (AvgIpc) is 2.53. The summed E-state index contributed by atoms with van der Waals surface area (Å²) in [5, 5.41) is 0. The molecule has 130 valence electrons. The molecule has 0 bridgehead atoms. The molecule has 0 radical (unpaired) electrons. The van der Waals surface area contributed by atoms with E-state index in [-0.39, 0.29) is 0 Å². The Kier molecular flexibility index (Phi) is 7.66. The van der Waals surface area contributed by atoms with Gasteiger partial charge in [0.15, 0.2) is 0 Å². The van der Waals surface area contributed by atoms with Gasteiger partial charge >= 0.3 is 0 Å². The summed E-state index contributed by atoms with van der Waals surface area (Å²) in [5.74, 6) is 4.01. The minimum Gasteiger partial charge on any atom is -0.0846 e. The van der Waals surface area contributed by atoms with Crippen LogP contribution in [0.4, 0.5) is 0 Å². The third-order valence-electron chi connectivity index (χ3n) is 6.03. The maximum Gasteiger partial charge on any atom is -0.00761 e. The Morgan fingerprint density at radius 2 is 1.52 bits per heavy atom. The van der Waals surface area contributed by atoms with Crippen LogP contribution in [0.2, 0.25) is 0 Å². The van der Waals surface area contributed by atoms with Crippen LogP contribution in [-0.4, -0.2) is 0 Å². The second-order valence-electron chi connectivity index (χ2n) is 8.51. The van der Waals surface area contributed by atoms with E-state index in [1.54, 1.807) is 0 Å². The van der Waals surface area contributed by atoms with Crippen LogP contribution in [0.15, 0.2) is 36.0 Å². The van der Waals surface area contributed by atoms with Gasteiger partial charge in [-0.25, -0.2) is 0 Å². The molecule has 2 aliphatic rings. The SMILES string of the molecule is CC1=CC(C)C=CC2CCCC(C)CCC(C)CCC2CC=C1. The molecule has 0 heteroatoms. The molecule has 0 heterocycles. The van der Waals surface area contributed by atoms with Crippen molar-refractivity contribution in [3.05, 3.63) is 36.0 Å². The highest BCUT2D eigenvalue weighted by molar-refractivity contribution is 5.20. The number of allylic oxidation sites excluding steroid dienone is 6. The zero-order valence-corrected chi connectivity index (χ0v) is 15.9. The van der Waals surface area contributed by atoms with Crippen LogP contribution in [0.3, 0.4) is 0 Å². The molecule has 0 aromatic carbocycles. The first kappa shape index (κ1) is 18.6. The van der Waals surface area contributed by atoms with Crippen molar-refractivity contribution in [1.82, 2.24) is 0 Å². The molecule has 2 aliphatic carbocycles. The highest BCUT2D eigenvalue weighted by Crippen LogP contribution is 2.33. The van der Waals surface area contributed by atoms with Crippen LogP contribution in [0.5, 0.6) is 0 Å². The standard InChI is InChI=1S/C23H38/c1-18-7-5-9-23-16-14-21(4)17-20(3)8-6-10-22(23)15-13-19(2)12-11-18/h6,8,14,16-19,21-23H,5,7,9-13,15H2,1-4H3. The summed E-state index contributed by atoms with van der Waals surface area (Å²) in [6.45, 7) is 9.49. The predicted octanol–water partition coefficient (Wildman–Crippen LogP) is 7.33. The highest BCUT2D eigenvalue weighted by atomic mass is 14.3. The van der Waals surface area contributed by atoms with Crippen LogP contribution < -0.4 is 0 Å². The Morgan fingerprint density at radius 3 is 2.30 bits per heavy atom. The van der Waals surface area contributed by atoms with Gasteiger partial charge in [0.2, 0.25) is 0 Å². The van der Waals surface area contributed by atoms with Gasteiger partial charge in [0.05, 0.1) is 0 Å². The summed E-state index contributed by atoms with van der Waals surface area (Å²) >= 11 is 0. The van der Waals surface area contributed by atoms with Gasteiger partial charge in [0.1, 0.15) is 0 Å². The van der Waals surface area contributed by atoms with Crippen molar-refractivity contribution in [2.45, 2.75) is 79.1 Å². The van der Waals surface area contributed by atoms with Crippen molar-refractivity contribution in [3.63, 3.8) is 0 Å². The Morgan fingerprint density at radius 1 is 0.826 bits per heavy atom. The van der Waals surface area contributed by atoms with E-state index >= 15 is 0 Å². The Labute approximate surface area is 145 Å². The lowest BCUT2D eigenvalue weighted by Crippen LogP contribution is -2.14. The lowest BCUT2D eigenvalue weighted by atomic mass is 9.80. The van der Waals surface area contributed by atoms with Gasteiger partial charge in [-0.2, -0.15) is 0 Å². The summed E-state index contributed by atoms with van der Waals surface area (Å²) in [6, 6.07) is 0. The smallest absolute Gasteiger partial charge is 0.00761 e. The van der Waals surface area contributed by atoms with Crippen molar-refractivity contribution in [1.29, 1.82) is 0 Å². The minimum atomic E-state index is 0.564. The zero-order chi connectivity index (χ0) is 16.7. The molecule has 5 atom stereocenters. The van der Waals surface area contributed by atoms with Gasteiger partial charge in [0.25, 0.3) is 0 Å². The quantitative estimate of drug-likeness (QED) is 0.410. The van der Waals surface area contributed by atoms with Gasteiger partial charge in [-0.15, -0.1) is 0 Å². The summed E-state index contributed by atoms with van der Waals surface area (Å²) in [5.41, 5.74) is 1.42. The van der Waals surface area contributed by atoms with Gasteiger partial charge in [-0.3, -0.25) is 0 Å². The minimum absolute atomic E-state index is 0.564. The number of hydrogen-bond donors (Lipinski definition) is 0. The van der Waals surface area contributed by atoms with E-state index in [4.69, 9.17) is 0 Å². The molecule has 23 heavy (non-hydrogen) atoms. The lowest BCUT2D eigenvalue weighted by Gasteiger charge is -2.26. The third-order valence-corrected chi connectivity index (χ3v) is 6.03. The molecule has 2 rings (SSSR count). The first-order chi connectivity index (χ1) is 11.0. The molecule has 0 saturated heterocycles. The molecule has 0 nitrogen and oxygen atoms in total. The van der Waals surface area contributed by atoms with Crippen molar-refractivity contribution < 1.29 is 0 Å². The first-order valence-corrected chi connectivity index (χ1v) is 10.1. The maximum absolute atomic E-state index is 2.57. The van der Waals surface area contributed by atoms with Crippen LogP contribution in [0.1, 0.15) is 79.1 Å². The Bertz CT molecular complexity index is 425. The summed E-state index contributed by atoms with van der Waals surface area (Å²) < 4.78 is 0. The van der Waals surface area contributed by atoms with Crippen molar-refractivity contribution in [2.75, 3.05) is 0 Å². The van der Waals surface area contributed by atoms with Crippen molar-refractivity contribution in [2.24, 2.45) is 29.6 Å². The molecule has 0 N–H and O–H groups in total. The van der Waals surface area contributed by atoms with E-state index in [1.165, 1.54) is 56.9 Å². The molecule has 1 saturated carbocycles. The Hall–Kier alpha value is -0.780. The summed E-state index contributed by atoms with van der Waals surface area (Å²) in [7, 11) is 0. The molecule has 0 amide bonds. The van der Waals surface area contributed by atoms with Crippen LogP contribution >= 0.6 is 0 Å². The second kappa shape index (κ2) is 9.50. The van der Waals surface area contributed by atoms with E-state index in [9.17, 15) is 0 Å². The topological polar surface area (TPSA) is 0 Å². The van der Waals surface area contributed by atoms with E-state index < -0.39 is 0 Å². The average molecular weight is 315 g/mol. The number of rotatable bonds is 0. The number of hydrogen-bond acceptors (Lipinski definition) is 0. The second-order valence-corrected chi connectivity index (χ2v) is 8.51. The fourth-order valence-electron chi connectivity index (χ4n) is 4.33. The monoisotopic (exact) mass is 314 g/mol. The third kappa shape index (κ3) is 6.69. The maximum atomic E-state index is 2.57. The lowest BCUT2D eigenvalue weighted by molar-refractivity contribution is 0.317. The molecular weight excluding hydrogens is 276 g/mol. The van der Waals surface area contributed by atoms with Crippen LogP contribution in [0.25, 0.3) is 0 Å². The van der Waals surface area contributed by atoms with Crippen molar-refractivity contribution >= 4 is 0 Å². The van der Waals surface area contributed by atoms with Gasteiger partial charge in [-0.1, -0.05) is 88.8 Å². The molecule has 1 fully saturated rings. The van der Waals surface area contributed by atoms with E-state index in [2.05, 4.69) is 58.1 Å². The summed E-state index contributed by atoms with van der Waals surface area (Å²) in [6.07, 6.45) is 23.4. The molecule has 0 aromatic rings. The predicted molar refractivity (Wildman–Crippen MR) is 103 cm³/mol. The molecule has 0 spiro atoms. The zero-order valence-electron chi connectivity index (χ0n) is 15.9. The molecule has 0 aromatic heterocycles. The number of fused-ring (bicyclic) bond motifs is 1. The van der Waals surface area contributed by atoms with E-state index in [0.29, 0.717) is 5.92 Å². The van der Waals surface area contributed by atoms with Crippen LogP contribution in [0, 0.1) is 29.6 Å². The first-order valence-electron chi connectivity index (χ1n) is 10.1. The normalized spacial score (nSPS) is 37.4.